The highest BCUT2D eigenvalue weighted by molar-refractivity contribution is 6.03. The van der Waals surface area contributed by atoms with Gasteiger partial charge < -0.3 is 10.6 Å². The summed E-state index contributed by atoms with van der Waals surface area (Å²) >= 11 is 0. The maximum Gasteiger partial charge on any atom is 0.275 e. The maximum absolute atomic E-state index is 11.9. The van der Waals surface area contributed by atoms with E-state index in [1.54, 1.807) is 24.3 Å². The molecule has 2 rings (SSSR count). The first-order valence-corrected chi connectivity index (χ1v) is 7.02. The number of benzene rings is 1. The van der Waals surface area contributed by atoms with Gasteiger partial charge in [0.1, 0.15) is 5.69 Å². The predicted molar refractivity (Wildman–Crippen MR) is 83.6 cm³/mol. The Morgan fingerprint density at radius 1 is 1.09 bits per heavy atom. The molecule has 22 heavy (non-hydrogen) atoms. The van der Waals surface area contributed by atoms with Crippen LogP contribution in [0.15, 0.2) is 42.9 Å². The van der Waals surface area contributed by atoms with Crippen LogP contribution in [0.3, 0.4) is 0 Å². The summed E-state index contributed by atoms with van der Waals surface area (Å²) in [7, 11) is 0. The number of hydrogen-bond donors (Lipinski definition) is 2. The lowest BCUT2D eigenvalue weighted by Gasteiger charge is -2.08. The minimum atomic E-state index is -0.342. The summed E-state index contributed by atoms with van der Waals surface area (Å²) in [6, 6.07) is 6.70. The molecule has 2 amide bonds. The Hall–Kier alpha value is -2.76. The largest absolute Gasteiger partial charge is 0.352 e. The average molecular weight is 298 g/mol. The molecule has 0 saturated heterocycles. The maximum atomic E-state index is 11.9. The normalized spacial score (nSPS) is 10.3. The highest BCUT2D eigenvalue weighted by Gasteiger charge is 2.09. The molecule has 1 aromatic heterocycles. The molecule has 1 heterocycles. The van der Waals surface area contributed by atoms with Crippen molar-refractivity contribution < 1.29 is 9.59 Å². The number of anilines is 1. The lowest BCUT2D eigenvalue weighted by Crippen LogP contribution is -2.27. The van der Waals surface area contributed by atoms with Crippen molar-refractivity contribution in [3.63, 3.8) is 0 Å². The van der Waals surface area contributed by atoms with Crippen molar-refractivity contribution in [1.82, 2.24) is 15.3 Å². The third-order valence-corrected chi connectivity index (χ3v) is 2.87. The molecule has 0 aliphatic carbocycles. The zero-order chi connectivity index (χ0) is 15.9. The third kappa shape index (κ3) is 4.37. The van der Waals surface area contributed by atoms with Gasteiger partial charge in [-0.2, -0.15) is 0 Å². The number of nitrogens with zero attached hydrogens (tertiary/aromatic N) is 2. The Labute approximate surface area is 129 Å². The summed E-state index contributed by atoms with van der Waals surface area (Å²) in [6.07, 6.45) is 4.35. The number of rotatable bonds is 5. The molecule has 0 aliphatic rings. The van der Waals surface area contributed by atoms with Gasteiger partial charge in [0.15, 0.2) is 0 Å². The Morgan fingerprint density at radius 3 is 2.41 bits per heavy atom. The van der Waals surface area contributed by atoms with Gasteiger partial charge in [-0.25, -0.2) is 4.98 Å². The van der Waals surface area contributed by atoms with Gasteiger partial charge in [0.25, 0.3) is 11.8 Å². The van der Waals surface area contributed by atoms with Gasteiger partial charge in [-0.05, 0) is 30.2 Å². The monoisotopic (exact) mass is 298 g/mol. The van der Waals surface area contributed by atoms with E-state index < -0.39 is 0 Å². The zero-order valence-corrected chi connectivity index (χ0v) is 12.5. The molecule has 1 aromatic carbocycles. The van der Waals surface area contributed by atoms with Crippen molar-refractivity contribution in [2.24, 2.45) is 5.92 Å². The van der Waals surface area contributed by atoms with Crippen molar-refractivity contribution in [2.75, 3.05) is 11.9 Å². The van der Waals surface area contributed by atoms with Crippen LogP contribution in [-0.2, 0) is 0 Å². The zero-order valence-electron chi connectivity index (χ0n) is 12.5. The summed E-state index contributed by atoms with van der Waals surface area (Å²) < 4.78 is 0. The minimum absolute atomic E-state index is 0.125. The molecule has 2 N–H and O–H groups in total. The Balaban J connectivity index is 1.97. The summed E-state index contributed by atoms with van der Waals surface area (Å²) in [6.45, 7) is 4.70. The fourth-order valence-corrected chi connectivity index (χ4v) is 1.72. The van der Waals surface area contributed by atoms with Crippen LogP contribution in [0.25, 0.3) is 0 Å². The number of amides is 2. The summed E-state index contributed by atoms with van der Waals surface area (Å²) in [5.41, 5.74) is 1.38. The van der Waals surface area contributed by atoms with Crippen molar-refractivity contribution in [2.45, 2.75) is 13.8 Å². The van der Waals surface area contributed by atoms with Crippen molar-refractivity contribution >= 4 is 17.5 Å². The van der Waals surface area contributed by atoms with E-state index in [4.69, 9.17) is 0 Å². The van der Waals surface area contributed by atoms with Gasteiger partial charge in [-0.15, -0.1) is 0 Å². The summed E-state index contributed by atoms with van der Waals surface area (Å²) in [5, 5.41) is 5.54. The van der Waals surface area contributed by atoms with Crippen LogP contribution >= 0.6 is 0 Å². The fraction of sp³-hybridized carbons (Fsp3) is 0.250. The predicted octanol–water partition coefficient (Wildman–Crippen LogP) is 2.11. The first kappa shape index (κ1) is 15.6. The molecular formula is C16H18N4O2. The van der Waals surface area contributed by atoms with E-state index >= 15 is 0 Å². The number of hydrogen-bond acceptors (Lipinski definition) is 4. The van der Waals surface area contributed by atoms with Gasteiger partial charge in [0.2, 0.25) is 0 Å². The summed E-state index contributed by atoms with van der Waals surface area (Å²) in [4.78, 5) is 31.6. The summed E-state index contributed by atoms with van der Waals surface area (Å²) in [5.74, 6) is -0.0693. The van der Waals surface area contributed by atoms with E-state index in [1.165, 1.54) is 18.6 Å². The first-order valence-electron chi connectivity index (χ1n) is 7.02. The Bertz CT molecular complexity index is 639. The quantitative estimate of drug-likeness (QED) is 0.885. The van der Waals surface area contributed by atoms with Crippen LogP contribution in [-0.4, -0.2) is 28.3 Å². The highest BCUT2D eigenvalue weighted by Crippen LogP contribution is 2.10. The van der Waals surface area contributed by atoms with Gasteiger partial charge in [0.05, 0.1) is 6.20 Å². The van der Waals surface area contributed by atoms with Crippen LogP contribution < -0.4 is 10.6 Å². The number of carbonyl (C=O) groups is 2. The molecule has 0 aliphatic heterocycles. The molecule has 0 bridgehead atoms. The van der Waals surface area contributed by atoms with E-state index in [0.29, 0.717) is 23.7 Å². The van der Waals surface area contributed by atoms with Crippen LogP contribution in [0.5, 0.6) is 0 Å². The second-order valence-electron chi connectivity index (χ2n) is 5.23. The lowest BCUT2D eigenvalue weighted by molar-refractivity contribution is 0.0948. The number of nitrogens with one attached hydrogen (secondary N) is 2. The Morgan fingerprint density at radius 2 is 1.82 bits per heavy atom. The SMILES string of the molecule is CC(C)CNC(=O)c1ccc(NC(=O)c2cnccn2)cc1. The van der Waals surface area contributed by atoms with E-state index in [1.807, 2.05) is 13.8 Å². The second-order valence-corrected chi connectivity index (χ2v) is 5.23. The number of carbonyl (C=O) groups excluding carboxylic acids is 2. The molecule has 0 saturated carbocycles. The molecular weight excluding hydrogens is 280 g/mol. The molecule has 114 valence electrons. The highest BCUT2D eigenvalue weighted by atomic mass is 16.2. The van der Waals surface area contributed by atoms with E-state index in [-0.39, 0.29) is 17.5 Å². The van der Waals surface area contributed by atoms with Crippen LogP contribution in [0.4, 0.5) is 5.69 Å². The molecule has 6 nitrogen and oxygen atoms in total. The first-order chi connectivity index (χ1) is 10.6. The van der Waals surface area contributed by atoms with E-state index in [0.717, 1.165) is 0 Å². The topological polar surface area (TPSA) is 84.0 Å². The van der Waals surface area contributed by atoms with E-state index in [9.17, 15) is 9.59 Å². The van der Waals surface area contributed by atoms with Crippen LogP contribution in [0.2, 0.25) is 0 Å². The molecule has 0 spiro atoms. The van der Waals surface area contributed by atoms with Gasteiger partial charge in [0, 0.05) is 30.2 Å². The van der Waals surface area contributed by atoms with Crippen molar-refractivity contribution in [1.29, 1.82) is 0 Å². The third-order valence-electron chi connectivity index (χ3n) is 2.87. The van der Waals surface area contributed by atoms with E-state index in [2.05, 4.69) is 20.6 Å². The van der Waals surface area contributed by atoms with Gasteiger partial charge in [-0.1, -0.05) is 13.8 Å². The van der Waals surface area contributed by atoms with Crippen LogP contribution in [0.1, 0.15) is 34.7 Å². The molecule has 6 heteroatoms. The molecule has 2 aromatic rings. The Kier molecular flexibility index (Phi) is 5.19. The second kappa shape index (κ2) is 7.31. The molecule has 0 radical (unpaired) electrons. The fourth-order valence-electron chi connectivity index (χ4n) is 1.72. The molecule has 0 unspecified atom stereocenters. The smallest absolute Gasteiger partial charge is 0.275 e. The van der Waals surface area contributed by atoms with Crippen molar-refractivity contribution in [3.05, 3.63) is 54.1 Å². The lowest BCUT2D eigenvalue weighted by atomic mass is 10.1. The molecule has 0 atom stereocenters. The molecule has 0 fully saturated rings. The van der Waals surface area contributed by atoms with Gasteiger partial charge in [-0.3, -0.25) is 14.6 Å². The average Bonchev–Trinajstić information content (AvgIpc) is 2.54. The standard InChI is InChI=1S/C16H18N4O2/c1-11(2)9-19-15(21)12-3-5-13(6-4-12)20-16(22)14-10-17-7-8-18-14/h3-8,10-11H,9H2,1-2H3,(H,19,21)(H,20,22). The number of aromatic nitrogens is 2. The van der Waals surface area contributed by atoms with Crippen LogP contribution in [0, 0.1) is 5.92 Å². The van der Waals surface area contributed by atoms with Crippen molar-refractivity contribution in [3.8, 4) is 0 Å². The van der Waals surface area contributed by atoms with Gasteiger partial charge >= 0.3 is 0 Å². The minimum Gasteiger partial charge on any atom is -0.352 e.